The molecule has 0 aromatic rings. The summed E-state index contributed by atoms with van der Waals surface area (Å²) in [5.41, 5.74) is 0. The second-order valence-corrected chi connectivity index (χ2v) is 4.18. The van der Waals surface area contributed by atoms with Crippen molar-refractivity contribution in [1.82, 2.24) is 0 Å². The topological polar surface area (TPSA) is 17.1 Å². The van der Waals surface area contributed by atoms with Crippen LogP contribution in [0.5, 0.6) is 0 Å². The Labute approximate surface area is 66.5 Å². The molecule has 4 atom stereocenters. The first-order valence-corrected chi connectivity index (χ1v) is 4.55. The molecule has 2 fully saturated rings. The molecule has 1 nitrogen and oxygen atoms in total. The van der Waals surface area contributed by atoms with Gasteiger partial charge in [0, 0.05) is 12.3 Å². The van der Waals surface area contributed by atoms with Crippen LogP contribution >= 0.6 is 0 Å². The highest BCUT2D eigenvalue weighted by Gasteiger charge is 2.55. The highest BCUT2D eigenvalue weighted by atomic mass is 16.1. The average Bonchev–Trinajstić information content (AvgIpc) is 2.62. The molecule has 0 N–H and O–H groups in total. The molecule has 3 rings (SSSR count). The van der Waals surface area contributed by atoms with E-state index in [0.717, 1.165) is 11.8 Å². The quantitative estimate of drug-likeness (QED) is 0.479. The summed E-state index contributed by atoms with van der Waals surface area (Å²) >= 11 is 0. The lowest BCUT2D eigenvalue weighted by Gasteiger charge is -2.21. The van der Waals surface area contributed by atoms with Crippen LogP contribution in [-0.2, 0) is 4.79 Å². The normalized spacial score (nSPS) is 52.2. The van der Waals surface area contributed by atoms with Crippen LogP contribution in [0.1, 0.15) is 19.3 Å². The molecule has 0 spiro atoms. The molecule has 0 saturated heterocycles. The zero-order valence-electron chi connectivity index (χ0n) is 6.49. The third-order valence-electron chi connectivity index (χ3n) is 3.55. The maximum absolute atomic E-state index is 11.5. The van der Waals surface area contributed by atoms with Gasteiger partial charge < -0.3 is 0 Å². The van der Waals surface area contributed by atoms with E-state index in [1.54, 1.807) is 0 Å². The highest BCUT2D eigenvalue weighted by Crippen LogP contribution is 2.59. The van der Waals surface area contributed by atoms with Gasteiger partial charge in [0.2, 0.25) is 0 Å². The molecule has 4 unspecified atom stereocenters. The summed E-state index contributed by atoms with van der Waals surface area (Å²) in [6.07, 6.45) is 7.70. The lowest BCUT2D eigenvalue weighted by atomic mass is 9.82. The zero-order chi connectivity index (χ0) is 7.42. The third kappa shape index (κ3) is 0.688. The Hall–Kier alpha value is -0.590. The minimum Gasteiger partial charge on any atom is -0.299 e. The van der Waals surface area contributed by atoms with E-state index in [0.29, 0.717) is 24.0 Å². The largest absolute Gasteiger partial charge is 0.299 e. The summed E-state index contributed by atoms with van der Waals surface area (Å²) in [6.45, 7) is 0. The van der Waals surface area contributed by atoms with Crippen LogP contribution in [0.2, 0.25) is 0 Å². The van der Waals surface area contributed by atoms with E-state index < -0.39 is 0 Å². The molecule has 3 aliphatic carbocycles. The van der Waals surface area contributed by atoms with E-state index in [4.69, 9.17) is 0 Å². The molecule has 0 bridgehead atoms. The van der Waals surface area contributed by atoms with Crippen molar-refractivity contribution in [2.75, 3.05) is 0 Å². The first kappa shape index (κ1) is 5.99. The highest BCUT2D eigenvalue weighted by molar-refractivity contribution is 5.85. The summed E-state index contributed by atoms with van der Waals surface area (Å²) in [6, 6.07) is 0. The van der Waals surface area contributed by atoms with Gasteiger partial charge in [-0.3, -0.25) is 4.79 Å². The Balaban J connectivity index is 1.96. The molecule has 0 amide bonds. The molecular weight excluding hydrogens is 136 g/mol. The summed E-state index contributed by atoms with van der Waals surface area (Å²) in [7, 11) is 0. The van der Waals surface area contributed by atoms with Crippen LogP contribution in [0.4, 0.5) is 0 Å². The van der Waals surface area contributed by atoms with Gasteiger partial charge in [-0.1, -0.05) is 12.2 Å². The molecule has 0 radical (unpaired) electrons. The number of ketones is 1. The summed E-state index contributed by atoms with van der Waals surface area (Å²) in [5, 5.41) is 0. The molecule has 1 heteroatoms. The summed E-state index contributed by atoms with van der Waals surface area (Å²) in [5.74, 6) is 3.33. The van der Waals surface area contributed by atoms with Gasteiger partial charge in [-0.05, 0) is 30.6 Å². The van der Waals surface area contributed by atoms with Crippen LogP contribution in [0.15, 0.2) is 12.2 Å². The molecule has 3 aliphatic rings. The van der Waals surface area contributed by atoms with E-state index in [2.05, 4.69) is 12.2 Å². The summed E-state index contributed by atoms with van der Waals surface area (Å²) < 4.78 is 0. The van der Waals surface area contributed by atoms with Gasteiger partial charge in [-0.25, -0.2) is 0 Å². The SMILES string of the molecule is O=C1CC=CC2CC3CC3C12. The number of allylic oxidation sites excluding steroid dienone is 2. The Morgan fingerprint density at radius 2 is 2.27 bits per heavy atom. The summed E-state index contributed by atoms with van der Waals surface area (Å²) in [4.78, 5) is 11.5. The van der Waals surface area contributed by atoms with Gasteiger partial charge in [0.05, 0.1) is 0 Å². The van der Waals surface area contributed by atoms with E-state index in [-0.39, 0.29) is 0 Å². The molecule has 0 aromatic carbocycles. The zero-order valence-corrected chi connectivity index (χ0v) is 6.49. The van der Waals surface area contributed by atoms with E-state index in [1.165, 1.54) is 12.8 Å². The van der Waals surface area contributed by atoms with Gasteiger partial charge in [0.1, 0.15) is 5.78 Å². The molecule has 58 valence electrons. The van der Waals surface area contributed by atoms with Crippen molar-refractivity contribution in [2.24, 2.45) is 23.7 Å². The van der Waals surface area contributed by atoms with Crippen molar-refractivity contribution in [3.05, 3.63) is 12.2 Å². The second-order valence-electron chi connectivity index (χ2n) is 4.18. The lowest BCUT2D eigenvalue weighted by molar-refractivity contribution is -0.123. The fraction of sp³-hybridized carbons (Fsp3) is 0.700. The number of carbonyl (C=O) groups excluding carboxylic acids is 1. The number of carbonyl (C=O) groups is 1. The Kier molecular flexibility index (Phi) is 0.961. The van der Waals surface area contributed by atoms with Crippen LogP contribution in [0.25, 0.3) is 0 Å². The second kappa shape index (κ2) is 1.77. The molecule has 2 saturated carbocycles. The van der Waals surface area contributed by atoms with Gasteiger partial charge in [-0.15, -0.1) is 0 Å². The monoisotopic (exact) mass is 148 g/mol. The maximum atomic E-state index is 11.5. The third-order valence-corrected chi connectivity index (χ3v) is 3.55. The Bertz CT molecular complexity index is 241. The minimum absolute atomic E-state index is 0.449. The molecule has 0 heterocycles. The van der Waals surface area contributed by atoms with Crippen LogP contribution in [0, 0.1) is 23.7 Å². The number of rotatable bonds is 0. The molecule has 11 heavy (non-hydrogen) atoms. The first-order valence-electron chi connectivity index (χ1n) is 4.55. The fourth-order valence-electron chi connectivity index (χ4n) is 2.97. The maximum Gasteiger partial charge on any atom is 0.140 e. The predicted octanol–water partition coefficient (Wildman–Crippen LogP) is 1.79. The molecular formula is C10H12O. The van der Waals surface area contributed by atoms with E-state index in [9.17, 15) is 4.79 Å². The van der Waals surface area contributed by atoms with Crippen molar-refractivity contribution in [3.8, 4) is 0 Å². The van der Waals surface area contributed by atoms with Crippen molar-refractivity contribution in [3.63, 3.8) is 0 Å². The minimum atomic E-state index is 0.449. The van der Waals surface area contributed by atoms with E-state index >= 15 is 0 Å². The van der Waals surface area contributed by atoms with Gasteiger partial charge >= 0.3 is 0 Å². The Morgan fingerprint density at radius 3 is 3.09 bits per heavy atom. The van der Waals surface area contributed by atoms with Crippen LogP contribution in [-0.4, -0.2) is 5.78 Å². The van der Waals surface area contributed by atoms with E-state index in [1.807, 2.05) is 0 Å². The first-order chi connectivity index (χ1) is 5.36. The molecule has 0 aliphatic heterocycles. The lowest BCUT2D eigenvalue weighted by Crippen LogP contribution is -2.23. The number of Topliss-reactive ketones (excluding diaryl/α,β-unsaturated/α-hetero) is 1. The van der Waals surface area contributed by atoms with Crippen LogP contribution < -0.4 is 0 Å². The number of fused-ring (bicyclic) bond motifs is 3. The number of hydrogen-bond donors (Lipinski definition) is 0. The Morgan fingerprint density at radius 1 is 1.36 bits per heavy atom. The van der Waals surface area contributed by atoms with Crippen molar-refractivity contribution in [1.29, 1.82) is 0 Å². The predicted molar refractivity (Wildman–Crippen MR) is 42.0 cm³/mol. The van der Waals surface area contributed by atoms with Crippen molar-refractivity contribution < 1.29 is 4.79 Å². The van der Waals surface area contributed by atoms with Crippen molar-refractivity contribution in [2.45, 2.75) is 19.3 Å². The number of hydrogen-bond acceptors (Lipinski definition) is 1. The van der Waals surface area contributed by atoms with Crippen molar-refractivity contribution >= 4 is 5.78 Å². The fourth-order valence-corrected chi connectivity index (χ4v) is 2.97. The standard InChI is InChI=1S/C10H12O/c11-9-3-1-2-6-4-7-5-8(7)10(6)9/h1-2,6-8,10H,3-5H2. The smallest absolute Gasteiger partial charge is 0.140 e. The van der Waals surface area contributed by atoms with Gasteiger partial charge in [-0.2, -0.15) is 0 Å². The van der Waals surface area contributed by atoms with Crippen LogP contribution in [0.3, 0.4) is 0 Å². The van der Waals surface area contributed by atoms with Gasteiger partial charge in [0.25, 0.3) is 0 Å². The van der Waals surface area contributed by atoms with Gasteiger partial charge in [0.15, 0.2) is 0 Å². The molecule has 0 aromatic heterocycles. The average molecular weight is 148 g/mol.